The van der Waals surface area contributed by atoms with Crippen LogP contribution in [0.1, 0.15) is 26.2 Å². The van der Waals surface area contributed by atoms with Gasteiger partial charge in [-0.05, 0) is 31.1 Å². The fourth-order valence-electron chi connectivity index (χ4n) is 3.81. The maximum atomic E-state index is 12.4. The van der Waals surface area contributed by atoms with Gasteiger partial charge in [-0.3, -0.25) is 4.79 Å². The van der Waals surface area contributed by atoms with E-state index in [4.69, 9.17) is 0 Å². The van der Waals surface area contributed by atoms with Crippen molar-refractivity contribution < 1.29 is 13.2 Å². The molecular formula is C13H22N2O3S. The van der Waals surface area contributed by atoms with Crippen molar-refractivity contribution in [2.24, 2.45) is 17.8 Å². The molecule has 2 atom stereocenters. The van der Waals surface area contributed by atoms with Crippen LogP contribution in [0.3, 0.4) is 0 Å². The smallest absolute Gasteiger partial charge is 0.226 e. The normalized spacial score (nSPS) is 39.2. The Balaban J connectivity index is 1.68. The van der Waals surface area contributed by atoms with Crippen LogP contribution in [0.5, 0.6) is 0 Å². The molecule has 2 saturated heterocycles. The van der Waals surface area contributed by atoms with Crippen LogP contribution in [0.2, 0.25) is 0 Å². The summed E-state index contributed by atoms with van der Waals surface area (Å²) < 4.78 is 24.7. The van der Waals surface area contributed by atoms with Crippen LogP contribution in [-0.2, 0) is 14.8 Å². The van der Waals surface area contributed by atoms with Crippen LogP contribution in [0, 0.1) is 17.8 Å². The molecular weight excluding hydrogens is 264 g/mol. The van der Waals surface area contributed by atoms with Crippen molar-refractivity contribution in [1.82, 2.24) is 9.21 Å². The number of sulfonamides is 1. The second-order valence-electron chi connectivity index (χ2n) is 6.50. The molecule has 1 saturated carbocycles. The van der Waals surface area contributed by atoms with Crippen molar-refractivity contribution in [3.63, 3.8) is 0 Å². The molecule has 108 valence electrons. The number of hydrogen-bond donors (Lipinski definition) is 0. The molecule has 0 N–H and O–H groups in total. The summed E-state index contributed by atoms with van der Waals surface area (Å²) in [6.45, 7) is 4.08. The van der Waals surface area contributed by atoms with Crippen molar-refractivity contribution in [3.8, 4) is 0 Å². The quantitative estimate of drug-likeness (QED) is 0.744. The molecule has 0 spiro atoms. The van der Waals surface area contributed by atoms with E-state index in [1.54, 1.807) is 0 Å². The molecule has 3 rings (SSSR count). The Kier molecular flexibility index (Phi) is 3.13. The first-order chi connectivity index (χ1) is 8.86. The van der Waals surface area contributed by atoms with E-state index in [9.17, 15) is 13.2 Å². The first kappa shape index (κ1) is 13.4. The molecule has 3 fully saturated rings. The van der Waals surface area contributed by atoms with Gasteiger partial charge in [0.1, 0.15) is 0 Å². The number of nitrogens with zero attached hydrogens (tertiary/aromatic N) is 2. The summed E-state index contributed by atoms with van der Waals surface area (Å²) in [5, 5.41) is 0. The maximum Gasteiger partial charge on any atom is 0.226 e. The molecule has 0 aromatic carbocycles. The van der Waals surface area contributed by atoms with Crippen molar-refractivity contribution in [1.29, 1.82) is 0 Å². The van der Waals surface area contributed by atoms with E-state index in [0.29, 0.717) is 24.9 Å². The average Bonchev–Trinajstić information content (AvgIpc) is 2.81. The van der Waals surface area contributed by atoms with Crippen molar-refractivity contribution in [2.75, 3.05) is 25.9 Å². The van der Waals surface area contributed by atoms with E-state index < -0.39 is 10.0 Å². The predicted molar refractivity (Wildman–Crippen MR) is 71.9 cm³/mol. The average molecular weight is 286 g/mol. The number of fused-ring (bicyclic) bond motifs is 1. The van der Waals surface area contributed by atoms with Crippen LogP contribution in [0.25, 0.3) is 0 Å². The minimum Gasteiger partial charge on any atom is -0.338 e. The lowest BCUT2D eigenvalue weighted by Crippen LogP contribution is -2.46. The van der Waals surface area contributed by atoms with Gasteiger partial charge in [0.05, 0.1) is 6.26 Å². The predicted octanol–water partition coefficient (Wildman–Crippen LogP) is 0.525. The molecule has 6 heteroatoms. The summed E-state index contributed by atoms with van der Waals surface area (Å²) in [6.07, 6.45) is 4.21. The first-order valence-electron chi connectivity index (χ1n) is 7.12. The van der Waals surface area contributed by atoms with Crippen LogP contribution in [0.15, 0.2) is 0 Å². The molecule has 1 aliphatic carbocycles. The SMILES string of the molecule is CC1CC(C(=O)N2CC[C@H]3CN(S(C)(=O)=O)C[C@H]32)C1. The minimum atomic E-state index is -3.12. The van der Waals surface area contributed by atoms with Gasteiger partial charge in [-0.1, -0.05) is 6.92 Å². The molecule has 0 bridgehead atoms. The van der Waals surface area contributed by atoms with E-state index in [1.165, 1.54) is 10.6 Å². The number of rotatable bonds is 2. The van der Waals surface area contributed by atoms with Crippen molar-refractivity contribution in [3.05, 3.63) is 0 Å². The van der Waals surface area contributed by atoms with Gasteiger partial charge in [-0.2, -0.15) is 4.31 Å². The summed E-state index contributed by atoms with van der Waals surface area (Å²) in [4.78, 5) is 14.4. The third kappa shape index (κ3) is 2.29. The Hall–Kier alpha value is -0.620. The maximum absolute atomic E-state index is 12.4. The Morgan fingerprint density at radius 1 is 1.21 bits per heavy atom. The highest BCUT2D eigenvalue weighted by Crippen LogP contribution is 2.39. The van der Waals surface area contributed by atoms with Gasteiger partial charge in [-0.15, -0.1) is 0 Å². The van der Waals surface area contributed by atoms with E-state index >= 15 is 0 Å². The molecule has 0 radical (unpaired) electrons. The third-order valence-corrected chi connectivity index (χ3v) is 6.23. The number of hydrogen-bond acceptors (Lipinski definition) is 3. The molecule has 3 aliphatic rings. The second kappa shape index (κ2) is 4.45. The summed E-state index contributed by atoms with van der Waals surface area (Å²) in [5.74, 6) is 1.47. The molecule has 2 heterocycles. The second-order valence-corrected chi connectivity index (χ2v) is 8.48. The fraction of sp³-hybridized carbons (Fsp3) is 0.923. The minimum absolute atomic E-state index is 0.123. The lowest BCUT2D eigenvalue weighted by molar-refractivity contribution is -0.140. The number of carbonyl (C=O) groups excluding carboxylic acids is 1. The van der Waals surface area contributed by atoms with Crippen molar-refractivity contribution in [2.45, 2.75) is 32.2 Å². The summed E-state index contributed by atoms with van der Waals surface area (Å²) in [7, 11) is -3.12. The summed E-state index contributed by atoms with van der Waals surface area (Å²) >= 11 is 0. The van der Waals surface area contributed by atoms with Crippen LogP contribution >= 0.6 is 0 Å². The number of amides is 1. The molecule has 19 heavy (non-hydrogen) atoms. The van der Waals surface area contributed by atoms with Crippen LogP contribution < -0.4 is 0 Å². The molecule has 0 unspecified atom stereocenters. The molecule has 5 nitrogen and oxygen atoms in total. The van der Waals surface area contributed by atoms with E-state index in [2.05, 4.69) is 6.92 Å². The first-order valence-corrected chi connectivity index (χ1v) is 8.96. The molecule has 1 amide bonds. The Morgan fingerprint density at radius 2 is 1.89 bits per heavy atom. The largest absolute Gasteiger partial charge is 0.338 e. The standard InChI is InChI=1S/C13H22N2O3S/c1-9-5-11(6-9)13(16)15-4-3-10-7-14(8-12(10)15)19(2,17)18/h9-12H,3-8H2,1-2H3/t9?,10-,11?,12+/m0/s1. The molecule has 2 aliphatic heterocycles. The van der Waals surface area contributed by atoms with Gasteiger partial charge < -0.3 is 4.90 Å². The van der Waals surface area contributed by atoms with Crippen molar-refractivity contribution >= 4 is 15.9 Å². The van der Waals surface area contributed by atoms with Gasteiger partial charge in [0.15, 0.2) is 0 Å². The topological polar surface area (TPSA) is 57.7 Å². The number of carbonyl (C=O) groups is 1. The Labute approximate surface area is 115 Å². The van der Waals surface area contributed by atoms with Gasteiger partial charge >= 0.3 is 0 Å². The zero-order chi connectivity index (χ0) is 13.8. The van der Waals surface area contributed by atoms with Crippen LogP contribution in [-0.4, -0.2) is 55.5 Å². The van der Waals surface area contributed by atoms with Crippen LogP contribution in [0.4, 0.5) is 0 Å². The lowest BCUT2D eigenvalue weighted by atomic mass is 9.75. The zero-order valence-corrected chi connectivity index (χ0v) is 12.4. The van der Waals surface area contributed by atoms with E-state index in [-0.39, 0.29) is 17.9 Å². The van der Waals surface area contributed by atoms with E-state index in [1.807, 2.05) is 4.90 Å². The monoisotopic (exact) mass is 286 g/mol. The molecule has 0 aromatic heterocycles. The summed E-state index contributed by atoms with van der Waals surface area (Å²) in [5.41, 5.74) is 0. The third-order valence-electron chi connectivity index (χ3n) is 4.99. The Bertz CT molecular complexity index is 484. The number of likely N-dealkylation sites (tertiary alicyclic amines) is 1. The summed E-state index contributed by atoms with van der Waals surface area (Å²) in [6, 6.07) is 0.123. The fourth-order valence-corrected chi connectivity index (χ4v) is 4.69. The lowest BCUT2D eigenvalue weighted by Gasteiger charge is -2.36. The van der Waals surface area contributed by atoms with Gasteiger partial charge in [0, 0.05) is 31.6 Å². The van der Waals surface area contributed by atoms with Gasteiger partial charge in [0.2, 0.25) is 15.9 Å². The Morgan fingerprint density at radius 3 is 2.47 bits per heavy atom. The zero-order valence-electron chi connectivity index (χ0n) is 11.6. The van der Waals surface area contributed by atoms with E-state index in [0.717, 1.165) is 25.8 Å². The van der Waals surface area contributed by atoms with Gasteiger partial charge in [0.25, 0.3) is 0 Å². The van der Waals surface area contributed by atoms with Gasteiger partial charge in [-0.25, -0.2) is 8.42 Å². The highest BCUT2D eigenvalue weighted by atomic mass is 32.2. The highest BCUT2D eigenvalue weighted by Gasteiger charge is 2.47. The highest BCUT2D eigenvalue weighted by molar-refractivity contribution is 7.88. The molecule has 0 aromatic rings.